The predicted molar refractivity (Wildman–Crippen MR) is 117 cm³/mol. The van der Waals surface area contributed by atoms with Crippen molar-refractivity contribution in [1.29, 1.82) is 0 Å². The standard InChI is InChI=1S/C20H32N6O8/c1-9(2)4-13(18(31)25-14(20(33)34)6-15(28)29)24-19(32)16(10(3)27)26-17(30)12(21)5-11-7-22-8-23-11/h7-10,12-14,16,27H,4-6,21H2,1-3H3,(H,22,23)(H,24,32)(H,25,31)(H,26,30)(H,28,29)(H,33,34). The molecule has 0 saturated carbocycles. The molecule has 0 aliphatic carbocycles. The summed E-state index contributed by atoms with van der Waals surface area (Å²) in [4.78, 5) is 66.7. The number of aliphatic hydroxyl groups is 1. The molecule has 34 heavy (non-hydrogen) atoms. The molecule has 0 radical (unpaired) electrons. The molecule has 190 valence electrons. The van der Waals surface area contributed by atoms with E-state index >= 15 is 0 Å². The largest absolute Gasteiger partial charge is 0.481 e. The van der Waals surface area contributed by atoms with Gasteiger partial charge in [0, 0.05) is 18.3 Å². The first-order valence-corrected chi connectivity index (χ1v) is 10.6. The lowest BCUT2D eigenvalue weighted by Gasteiger charge is -2.27. The molecule has 0 aliphatic rings. The summed E-state index contributed by atoms with van der Waals surface area (Å²) in [7, 11) is 0. The topological polar surface area (TPSA) is 237 Å². The number of nitrogens with two attached hydrogens (primary N) is 1. The average molecular weight is 485 g/mol. The van der Waals surface area contributed by atoms with Gasteiger partial charge in [0.1, 0.15) is 18.1 Å². The molecule has 1 aromatic heterocycles. The van der Waals surface area contributed by atoms with E-state index in [1.165, 1.54) is 19.4 Å². The summed E-state index contributed by atoms with van der Waals surface area (Å²) in [6.45, 7) is 4.76. The number of nitrogens with one attached hydrogen (secondary N) is 4. The molecule has 0 fully saturated rings. The highest BCUT2D eigenvalue weighted by Gasteiger charge is 2.33. The minimum absolute atomic E-state index is 0.0802. The Morgan fingerprint density at radius 1 is 1.00 bits per heavy atom. The Balaban J connectivity index is 2.91. The van der Waals surface area contributed by atoms with E-state index in [1.807, 2.05) is 0 Å². The molecule has 5 unspecified atom stereocenters. The lowest BCUT2D eigenvalue weighted by Crippen LogP contribution is -2.60. The second-order valence-electron chi connectivity index (χ2n) is 8.30. The van der Waals surface area contributed by atoms with Crippen LogP contribution in [0.5, 0.6) is 0 Å². The molecular weight excluding hydrogens is 452 g/mol. The van der Waals surface area contributed by atoms with Gasteiger partial charge in [-0.15, -0.1) is 0 Å². The van der Waals surface area contributed by atoms with Crippen LogP contribution in [0.2, 0.25) is 0 Å². The highest BCUT2D eigenvalue weighted by Crippen LogP contribution is 2.08. The average Bonchev–Trinajstić information content (AvgIpc) is 3.22. The number of carbonyl (C=O) groups is 5. The maximum absolute atomic E-state index is 12.8. The number of aliphatic hydroxyl groups excluding tert-OH is 1. The zero-order valence-electron chi connectivity index (χ0n) is 19.1. The molecule has 1 heterocycles. The number of nitrogens with zero attached hydrogens (tertiary/aromatic N) is 1. The van der Waals surface area contributed by atoms with Gasteiger partial charge in [-0.1, -0.05) is 13.8 Å². The Morgan fingerprint density at radius 3 is 2.09 bits per heavy atom. The van der Waals surface area contributed by atoms with E-state index in [4.69, 9.17) is 15.9 Å². The van der Waals surface area contributed by atoms with E-state index in [2.05, 4.69) is 25.9 Å². The van der Waals surface area contributed by atoms with Crippen LogP contribution < -0.4 is 21.7 Å². The third-order valence-electron chi connectivity index (χ3n) is 4.73. The fraction of sp³-hybridized carbons (Fsp3) is 0.600. The number of hydrogen-bond acceptors (Lipinski definition) is 8. The number of aromatic nitrogens is 2. The zero-order valence-corrected chi connectivity index (χ0v) is 19.1. The summed E-state index contributed by atoms with van der Waals surface area (Å²) in [6.07, 6.45) is 0.858. The number of aliphatic carboxylic acids is 2. The number of amides is 3. The summed E-state index contributed by atoms with van der Waals surface area (Å²) in [5, 5.41) is 34.9. The maximum Gasteiger partial charge on any atom is 0.326 e. The molecule has 3 amide bonds. The van der Waals surface area contributed by atoms with Crippen molar-refractivity contribution in [2.45, 2.75) is 70.3 Å². The first-order valence-electron chi connectivity index (χ1n) is 10.6. The molecule has 5 atom stereocenters. The number of imidazole rings is 1. The van der Waals surface area contributed by atoms with Gasteiger partial charge >= 0.3 is 11.9 Å². The third-order valence-corrected chi connectivity index (χ3v) is 4.73. The Morgan fingerprint density at radius 2 is 1.62 bits per heavy atom. The second kappa shape index (κ2) is 13.3. The molecule has 0 aromatic carbocycles. The van der Waals surface area contributed by atoms with Crippen LogP contribution in [-0.4, -0.2) is 85.2 Å². The number of hydrogen-bond donors (Lipinski definition) is 8. The summed E-state index contributed by atoms with van der Waals surface area (Å²) < 4.78 is 0. The van der Waals surface area contributed by atoms with Crippen molar-refractivity contribution >= 4 is 29.7 Å². The van der Waals surface area contributed by atoms with Crippen LogP contribution in [0.15, 0.2) is 12.5 Å². The van der Waals surface area contributed by atoms with Crippen LogP contribution in [0.1, 0.15) is 39.3 Å². The Bertz CT molecular complexity index is 857. The van der Waals surface area contributed by atoms with E-state index in [-0.39, 0.29) is 18.8 Å². The highest BCUT2D eigenvalue weighted by atomic mass is 16.4. The lowest BCUT2D eigenvalue weighted by atomic mass is 10.0. The molecule has 0 spiro atoms. The molecule has 9 N–H and O–H groups in total. The minimum Gasteiger partial charge on any atom is -0.481 e. The molecule has 1 aromatic rings. The van der Waals surface area contributed by atoms with Crippen molar-refractivity contribution in [3.63, 3.8) is 0 Å². The Hall–Kier alpha value is -3.52. The van der Waals surface area contributed by atoms with Crippen LogP contribution in [-0.2, 0) is 30.4 Å². The molecule has 14 nitrogen and oxygen atoms in total. The quantitative estimate of drug-likeness (QED) is 0.141. The van der Waals surface area contributed by atoms with Crippen molar-refractivity contribution in [3.8, 4) is 0 Å². The monoisotopic (exact) mass is 484 g/mol. The van der Waals surface area contributed by atoms with Crippen LogP contribution in [0.25, 0.3) is 0 Å². The van der Waals surface area contributed by atoms with Gasteiger partial charge in [-0.2, -0.15) is 0 Å². The number of H-pyrrole nitrogens is 1. The van der Waals surface area contributed by atoms with Gasteiger partial charge in [0.05, 0.1) is 24.9 Å². The van der Waals surface area contributed by atoms with Gasteiger partial charge in [-0.05, 0) is 19.3 Å². The number of rotatable bonds is 14. The first kappa shape index (κ1) is 28.5. The Labute approximate surface area is 195 Å². The summed E-state index contributed by atoms with van der Waals surface area (Å²) >= 11 is 0. The number of aromatic amines is 1. The highest BCUT2D eigenvalue weighted by molar-refractivity contribution is 5.94. The molecule has 0 aliphatic heterocycles. The molecule has 0 saturated heterocycles. The van der Waals surface area contributed by atoms with Gasteiger partial charge in [0.15, 0.2) is 0 Å². The van der Waals surface area contributed by atoms with Gasteiger partial charge in [0.25, 0.3) is 0 Å². The summed E-state index contributed by atoms with van der Waals surface area (Å²) in [5.74, 6) is -5.65. The number of carboxylic acid groups (broad SMARTS) is 2. The van der Waals surface area contributed by atoms with Crippen LogP contribution >= 0.6 is 0 Å². The Kier molecular flexibility index (Phi) is 11.1. The predicted octanol–water partition coefficient (Wildman–Crippen LogP) is -2.28. The van der Waals surface area contributed by atoms with Gasteiger partial charge in [-0.25, -0.2) is 9.78 Å². The van der Waals surface area contributed by atoms with Gasteiger partial charge < -0.3 is 42.0 Å². The fourth-order valence-corrected chi connectivity index (χ4v) is 3.00. The third kappa shape index (κ3) is 9.54. The maximum atomic E-state index is 12.8. The van der Waals surface area contributed by atoms with Crippen LogP contribution in [0, 0.1) is 5.92 Å². The molecular formula is C20H32N6O8. The van der Waals surface area contributed by atoms with Crippen molar-refractivity contribution in [3.05, 3.63) is 18.2 Å². The van der Waals surface area contributed by atoms with E-state index in [0.717, 1.165) is 0 Å². The van der Waals surface area contributed by atoms with Crippen LogP contribution in [0.3, 0.4) is 0 Å². The van der Waals surface area contributed by atoms with Gasteiger partial charge in [0.2, 0.25) is 17.7 Å². The fourth-order valence-electron chi connectivity index (χ4n) is 3.00. The summed E-state index contributed by atoms with van der Waals surface area (Å²) in [6, 6.07) is -5.47. The number of carbonyl (C=O) groups excluding carboxylic acids is 3. The smallest absolute Gasteiger partial charge is 0.326 e. The summed E-state index contributed by atoms with van der Waals surface area (Å²) in [5.41, 5.74) is 6.44. The normalized spacial score (nSPS) is 15.5. The van der Waals surface area contributed by atoms with Crippen molar-refractivity contribution in [2.75, 3.05) is 0 Å². The van der Waals surface area contributed by atoms with Crippen LogP contribution in [0.4, 0.5) is 0 Å². The SMILES string of the molecule is CC(C)CC(NC(=O)C(NC(=O)C(N)Cc1cnc[nH]1)C(C)O)C(=O)NC(CC(=O)O)C(=O)O. The van der Waals surface area contributed by atoms with E-state index in [0.29, 0.717) is 5.69 Å². The molecule has 1 rings (SSSR count). The van der Waals surface area contributed by atoms with E-state index in [1.54, 1.807) is 13.8 Å². The van der Waals surface area contributed by atoms with E-state index in [9.17, 15) is 29.1 Å². The van der Waals surface area contributed by atoms with Gasteiger partial charge in [-0.3, -0.25) is 19.2 Å². The lowest BCUT2D eigenvalue weighted by molar-refractivity contribution is -0.147. The zero-order chi connectivity index (χ0) is 26.0. The minimum atomic E-state index is -1.70. The van der Waals surface area contributed by atoms with Crippen molar-refractivity contribution in [1.82, 2.24) is 25.9 Å². The number of carboxylic acids is 2. The first-order chi connectivity index (χ1) is 15.8. The van der Waals surface area contributed by atoms with Crippen molar-refractivity contribution < 1.29 is 39.3 Å². The second-order valence-corrected chi connectivity index (χ2v) is 8.30. The van der Waals surface area contributed by atoms with E-state index < -0.39 is 66.4 Å². The molecule has 0 bridgehead atoms. The molecule has 14 heteroatoms. The van der Waals surface area contributed by atoms with Crippen molar-refractivity contribution in [2.24, 2.45) is 11.7 Å².